The van der Waals surface area contributed by atoms with Crippen molar-refractivity contribution in [1.82, 2.24) is 4.98 Å². The van der Waals surface area contributed by atoms with Crippen LogP contribution in [0.2, 0.25) is 0 Å². The molecule has 3 nitrogen and oxygen atoms in total. The predicted molar refractivity (Wildman–Crippen MR) is 41.2 cm³/mol. The van der Waals surface area contributed by atoms with E-state index in [-0.39, 0.29) is 7.12 Å². The number of carboxylic acids is 1. The number of hydrogen-bond donors (Lipinski definition) is 2. The van der Waals surface area contributed by atoms with Crippen molar-refractivity contribution in [3.63, 3.8) is 0 Å². The maximum Gasteiger partial charge on any atom is 0.352 e. The predicted octanol–water partition coefficient (Wildman–Crippen LogP) is 1.99. The molecule has 0 amide bonds. The van der Waals surface area contributed by atoms with Gasteiger partial charge in [-0.15, -0.1) is 0 Å². The third kappa shape index (κ3) is 2.35. The second-order valence-corrected chi connectivity index (χ2v) is 1.39. The van der Waals surface area contributed by atoms with E-state index >= 15 is 0 Å². The van der Waals surface area contributed by atoms with E-state index in [9.17, 15) is 4.79 Å². The van der Waals surface area contributed by atoms with E-state index in [4.69, 9.17) is 5.11 Å². The smallest absolute Gasteiger partial charge is 0.352 e. The molecule has 0 unspecified atom stereocenters. The van der Waals surface area contributed by atoms with E-state index in [1.807, 2.05) is 13.8 Å². The van der Waals surface area contributed by atoms with Crippen LogP contribution in [0.1, 0.15) is 25.8 Å². The van der Waals surface area contributed by atoms with Crippen molar-refractivity contribution in [3.8, 4) is 0 Å². The molecule has 2 N–H and O–H groups in total. The van der Waals surface area contributed by atoms with Crippen LogP contribution in [0.25, 0.3) is 0 Å². The molecule has 0 aliphatic rings. The average Bonchev–Trinajstić information content (AvgIpc) is 2.42. The Morgan fingerprint density at radius 1 is 1.70 bits per heavy atom. The highest BCUT2D eigenvalue weighted by Crippen LogP contribution is 1.91. The molecule has 1 aromatic heterocycles. The van der Waals surface area contributed by atoms with Gasteiger partial charge in [0.05, 0.1) is 0 Å². The minimum Gasteiger partial charge on any atom is -0.477 e. The largest absolute Gasteiger partial charge is 0.477 e. The Labute approximate surface area is 61.2 Å². The fourth-order valence-electron chi connectivity index (χ4n) is 0.463. The van der Waals surface area contributed by atoms with Gasteiger partial charge in [-0.05, 0) is 12.1 Å². The van der Waals surface area contributed by atoms with Gasteiger partial charge in [0, 0.05) is 7.62 Å². The molecular weight excluding hydrogens is 130 g/mol. The number of H-pyrrole nitrogens is 1. The summed E-state index contributed by atoms with van der Waals surface area (Å²) in [6.45, 7) is 4.00. The lowest BCUT2D eigenvalue weighted by molar-refractivity contribution is 0.0691. The molecule has 0 bridgehead atoms. The van der Waals surface area contributed by atoms with Crippen molar-refractivity contribution in [1.29, 1.82) is 0 Å². The molecular formula is C7H13NO2. The molecule has 0 aliphatic heterocycles. The summed E-state index contributed by atoms with van der Waals surface area (Å²) in [5.74, 6) is -0.921. The Bertz CT molecular complexity index is 184. The van der Waals surface area contributed by atoms with Crippen LogP contribution < -0.4 is 0 Å². The van der Waals surface area contributed by atoms with Crippen molar-refractivity contribution in [2.24, 2.45) is 0 Å². The van der Waals surface area contributed by atoms with Crippen LogP contribution in [0, 0.1) is 0 Å². The van der Waals surface area contributed by atoms with Gasteiger partial charge in [0.2, 0.25) is 0 Å². The quantitative estimate of drug-likeness (QED) is 0.631. The number of aromatic nitrogens is 1. The minimum absolute atomic E-state index is 0. The average molecular weight is 143 g/mol. The first-order valence-electron chi connectivity index (χ1n) is 3.17. The fourth-order valence-corrected chi connectivity index (χ4v) is 0.463. The molecule has 0 fully saturated rings. The Balaban J connectivity index is 0. The van der Waals surface area contributed by atoms with Gasteiger partial charge in [-0.25, -0.2) is 4.79 Å². The summed E-state index contributed by atoms with van der Waals surface area (Å²) < 4.78 is 0. The highest BCUT2D eigenvalue weighted by molar-refractivity contribution is 5.85. The van der Waals surface area contributed by atoms with Crippen LogP contribution in [0.5, 0.6) is 0 Å². The summed E-state index contributed by atoms with van der Waals surface area (Å²) in [4.78, 5) is 12.6. The van der Waals surface area contributed by atoms with Gasteiger partial charge in [0.15, 0.2) is 0 Å². The molecule has 0 saturated heterocycles. The second-order valence-electron chi connectivity index (χ2n) is 1.39. The molecule has 58 valence electrons. The summed E-state index contributed by atoms with van der Waals surface area (Å²) in [6, 6.07) is 3.14. The van der Waals surface area contributed by atoms with Crippen molar-refractivity contribution >= 4 is 5.97 Å². The van der Waals surface area contributed by atoms with E-state index in [0.29, 0.717) is 0 Å². The number of rotatable bonds is 1. The third-order valence-corrected chi connectivity index (χ3v) is 0.828. The van der Waals surface area contributed by atoms with Gasteiger partial charge >= 0.3 is 5.97 Å². The first-order chi connectivity index (χ1) is 4.80. The van der Waals surface area contributed by atoms with Crippen molar-refractivity contribution in [3.05, 3.63) is 24.0 Å². The van der Waals surface area contributed by atoms with Crippen LogP contribution in [0.3, 0.4) is 0 Å². The van der Waals surface area contributed by atoms with Crippen LogP contribution in [0.4, 0.5) is 0 Å². The fraction of sp³-hybridized carbons (Fsp3) is 0.286. The molecule has 1 heterocycles. The third-order valence-electron chi connectivity index (χ3n) is 0.828. The molecule has 0 saturated carbocycles. The van der Waals surface area contributed by atoms with Gasteiger partial charge in [0.1, 0.15) is 5.69 Å². The van der Waals surface area contributed by atoms with Crippen molar-refractivity contribution in [2.75, 3.05) is 0 Å². The van der Waals surface area contributed by atoms with E-state index in [2.05, 4.69) is 4.98 Å². The first-order valence-corrected chi connectivity index (χ1v) is 3.17. The first kappa shape index (κ1) is 8.75. The molecule has 0 aliphatic carbocycles. The van der Waals surface area contributed by atoms with Crippen LogP contribution in [-0.2, 0) is 0 Å². The highest BCUT2D eigenvalue weighted by atomic mass is 16.4. The van der Waals surface area contributed by atoms with E-state index in [0.717, 1.165) is 0 Å². The Hall–Kier alpha value is -1.25. The van der Waals surface area contributed by atoms with Gasteiger partial charge in [-0.2, -0.15) is 0 Å². The van der Waals surface area contributed by atoms with Gasteiger partial charge < -0.3 is 10.1 Å². The van der Waals surface area contributed by atoms with Gasteiger partial charge in [0.25, 0.3) is 0 Å². The van der Waals surface area contributed by atoms with Crippen molar-refractivity contribution < 1.29 is 11.3 Å². The maximum atomic E-state index is 10.0. The SMILES string of the molecule is CC.O=C(O)c1ccc[nH]1.[HH]. The molecule has 1 rings (SSSR count). The molecule has 1 aromatic rings. The molecule has 10 heavy (non-hydrogen) atoms. The van der Waals surface area contributed by atoms with Gasteiger partial charge in [-0.1, -0.05) is 13.8 Å². The summed E-state index contributed by atoms with van der Waals surface area (Å²) >= 11 is 0. The zero-order valence-electron chi connectivity index (χ0n) is 6.09. The standard InChI is InChI=1S/C5H5NO2.C2H6.H2/c7-5(8)4-2-1-3-6-4;1-2;/h1-3,6H,(H,7,8);1-2H3;1H. The number of carboxylic acid groups (broad SMARTS) is 1. The van der Waals surface area contributed by atoms with Crippen LogP contribution >= 0.6 is 0 Å². The molecule has 0 aromatic carbocycles. The maximum absolute atomic E-state index is 10.0. The van der Waals surface area contributed by atoms with E-state index < -0.39 is 5.97 Å². The summed E-state index contributed by atoms with van der Waals surface area (Å²) in [5.41, 5.74) is 0.227. The number of aromatic amines is 1. The van der Waals surface area contributed by atoms with E-state index in [1.165, 1.54) is 6.07 Å². The summed E-state index contributed by atoms with van der Waals surface area (Å²) in [6.07, 6.45) is 1.57. The number of hydrogen-bond acceptors (Lipinski definition) is 1. The molecule has 0 radical (unpaired) electrons. The van der Waals surface area contributed by atoms with Gasteiger partial charge in [-0.3, -0.25) is 0 Å². The number of aromatic carboxylic acids is 1. The molecule has 0 atom stereocenters. The number of nitrogens with one attached hydrogen (secondary N) is 1. The molecule has 0 spiro atoms. The monoisotopic (exact) mass is 143 g/mol. The minimum atomic E-state index is -0.921. The van der Waals surface area contributed by atoms with E-state index in [1.54, 1.807) is 12.3 Å². The van der Waals surface area contributed by atoms with Crippen LogP contribution in [-0.4, -0.2) is 16.1 Å². The lowest BCUT2D eigenvalue weighted by Gasteiger charge is -1.80. The lowest BCUT2D eigenvalue weighted by atomic mass is 10.4. The van der Waals surface area contributed by atoms with Crippen LogP contribution in [0.15, 0.2) is 18.3 Å². The van der Waals surface area contributed by atoms with Crippen molar-refractivity contribution in [2.45, 2.75) is 13.8 Å². The molecule has 3 heteroatoms. The Kier molecular flexibility index (Phi) is 4.04. The summed E-state index contributed by atoms with van der Waals surface area (Å²) in [5, 5.41) is 8.24. The normalized spacial score (nSPS) is 7.80. The lowest BCUT2D eigenvalue weighted by Crippen LogP contribution is -1.94. The zero-order chi connectivity index (χ0) is 7.98. The number of carbonyl (C=O) groups is 1. The second kappa shape index (κ2) is 4.61. The Morgan fingerprint density at radius 2 is 2.30 bits per heavy atom. The Morgan fingerprint density at radius 3 is 2.50 bits per heavy atom. The topological polar surface area (TPSA) is 53.1 Å². The zero-order valence-corrected chi connectivity index (χ0v) is 6.09. The summed E-state index contributed by atoms with van der Waals surface area (Å²) in [7, 11) is 0. The highest BCUT2D eigenvalue weighted by Gasteiger charge is 1.98.